The van der Waals surface area contributed by atoms with Gasteiger partial charge in [0.15, 0.2) is 5.78 Å². The van der Waals surface area contributed by atoms with Gasteiger partial charge in [-0.05, 0) is 61.4 Å². The third-order valence-electron chi connectivity index (χ3n) is 5.83. The van der Waals surface area contributed by atoms with E-state index < -0.39 is 0 Å². The van der Waals surface area contributed by atoms with Crippen molar-refractivity contribution in [1.29, 1.82) is 0 Å². The molecule has 0 saturated carbocycles. The Balaban J connectivity index is 1.55. The van der Waals surface area contributed by atoms with Gasteiger partial charge in [-0.2, -0.15) is 0 Å². The minimum absolute atomic E-state index is 0.0124. The van der Waals surface area contributed by atoms with E-state index in [1.807, 2.05) is 19.9 Å². The molecule has 1 amide bonds. The van der Waals surface area contributed by atoms with Crippen molar-refractivity contribution in [2.75, 3.05) is 19.7 Å². The van der Waals surface area contributed by atoms with Crippen molar-refractivity contribution in [3.8, 4) is 0 Å². The third kappa shape index (κ3) is 3.51. The highest BCUT2D eigenvalue weighted by Crippen LogP contribution is 2.34. The number of aryl methyl sites for hydroxylation is 2. The molecule has 2 aromatic rings. The van der Waals surface area contributed by atoms with E-state index in [2.05, 4.69) is 24.3 Å². The summed E-state index contributed by atoms with van der Waals surface area (Å²) in [7, 11) is 0. The largest absolute Gasteiger partial charge is 0.369 e. The number of nitrogens with zero attached hydrogens (tertiary/aromatic N) is 1. The molecule has 1 aliphatic heterocycles. The first-order valence-electron chi connectivity index (χ1n) is 10.0. The Morgan fingerprint density at radius 3 is 2.70 bits per heavy atom. The molecule has 0 aromatic heterocycles. The fourth-order valence-electron chi connectivity index (χ4n) is 4.43. The van der Waals surface area contributed by atoms with Crippen molar-refractivity contribution in [1.82, 2.24) is 4.90 Å². The minimum atomic E-state index is -0.125. The van der Waals surface area contributed by atoms with Gasteiger partial charge in [-0.1, -0.05) is 30.3 Å². The number of carbonyl (C=O) groups is 2. The number of ketones is 1. The van der Waals surface area contributed by atoms with Crippen molar-refractivity contribution < 1.29 is 14.3 Å². The fraction of sp³-hybridized carbons (Fsp3) is 0.478. The first-order valence-corrected chi connectivity index (χ1v) is 10.0. The smallest absolute Gasteiger partial charge is 0.248 e. The van der Waals surface area contributed by atoms with E-state index in [-0.39, 0.29) is 30.3 Å². The standard InChI is InChI=1S/C23H27NO3/c1-15(2)27-14-21(25)24-12-4-6-18(13-24)23(26)20-11-10-17-9-8-16-5-3-7-19(20)22(16)17/h3,5,7,10-11,15,18H,4,6,8-9,12-14H2,1-2H3. The first-order chi connectivity index (χ1) is 13.0. The number of ether oxygens (including phenoxy) is 1. The molecule has 0 N–H and O–H groups in total. The molecule has 142 valence electrons. The molecule has 1 aliphatic carbocycles. The Hall–Kier alpha value is -2.20. The van der Waals surface area contributed by atoms with Gasteiger partial charge in [0.1, 0.15) is 6.61 Å². The third-order valence-corrected chi connectivity index (χ3v) is 5.83. The molecule has 4 nitrogen and oxygen atoms in total. The van der Waals surface area contributed by atoms with Crippen molar-refractivity contribution in [3.63, 3.8) is 0 Å². The van der Waals surface area contributed by atoms with E-state index in [1.165, 1.54) is 16.5 Å². The summed E-state index contributed by atoms with van der Waals surface area (Å²) in [5, 5.41) is 2.36. The maximum absolute atomic E-state index is 13.3. The molecule has 4 heteroatoms. The van der Waals surface area contributed by atoms with Gasteiger partial charge in [0, 0.05) is 24.6 Å². The van der Waals surface area contributed by atoms with Crippen LogP contribution < -0.4 is 0 Å². The molecule has 0 radical (unpaired) electrons. The maximum atomic E-state index is 13.3. The van der Waals surface area contributed by atoms with Crippen LogP contribution >= 0.6 is 0 Å². The van der Waals surface area contributed by atoms with Gasteiger partial charge in [0.05, 0.1) is 6.10 Å². The van der Waals surface area contributed by atoms with Gasteiger partial charge in [0.2, 0.25) is 5.91 Å². The summed E-state index contributed by atoms with van der Waals surface area (Å²) in [6, 6.07) is 10.4. The van der Waals surface area contributed by atoms with Crippen LogP contribution in [0.25, 0.3) is 10.8 Å². The molecule has 1 unspecified atom stereocenters. The highest BCUT2D eigenvalue weighted by Gasteiger charge is 2.30. The summed E-state index contributed by atoms with van der Waals surface area (Å²) < 4.78 is 5.45. The van der Waals surface area contributed by atoms with Crippen LogP contribution in [0, 0.1) is 5.92 Å². The second kappa shape index (κ2) is 7.43. The summed E-state index contributed by atoms with van der Waals surface area (Å²) >= 11 is 0. The van der Waals surface area contributed by atoms with Gasteiger partial charge >= 0.3 is 0 Å². The highest BCUT2D eigenvalue weighted by atomic mass is 16.5. The normalized spacial score (nSPS) is 19.1. The summed E-state index contributed by atoms with van der Waals surface area (Å²) in [4.78, 5) is 27.5. The zero-order valence-electron chi connectivity index (χ0n) is 16.2. The molecule has 2 aliphatic rings. The van der Waals surface area contributed by atoms with Gasteiger partial charge in [-0.15, -0.1) is 0 Å². The van der Waals surface area contributed by atoms with E-state index in [0.717, 1.165) is 36.6 Å². The lowest BCUT2D eigenvalue weighted by Crippen LogP contribution is -2.44. The van der Waals surface area contributed by atoms with Crippen LogP contribution in [0.1, 0.15) is 48.2 Å². The zero-order chi connectivity index (χ0) is 19.0. The predicted octanol–water partition coefficient (Wildman–Crippen LogP) is 3.78. The Morgan fingerprint density at radius 2 is 1.93 bits per heavy atom. The summed E-state index contributed by atoms with van der Waals surface area (Å²) in [5.41, 5.74) is 3.52. The molecule has 2 aromatic carbocycles. The van der Waals surface area contributed by atoms with Gasteiger partial charge in [0.25, 0.3) is 0 Å². The maximum Gasteiger partial charge on any atom is 0.248 e. The second-order valence-electron chi connectivity index (χ2n) is 8.01. The van der Waals surface area contributed by atoms with E-state index in [0.29, 0.717) is 13.1 Å². The van der Waals surface area contributed by atoms with Crippen molar-refractivity contribution in [2.24, 2.45) is 5.92 Å². The lowest BCUT2D eigenvalue weighted by molar-refractivity contribution is -0.139. The van der Waals surface area contributed by atoms with E-state index in [4.69, 9.17) is 4.74 Å². The van der Waals surface area contributed by atoms with E-state index in [9.17, 15) is 9.59 Å². The Morgan fingerprint density at radius 1 is 1.15 bits per heavy atom. The van der Waals surface area contributed by atoms with Crippen LogP contribution in [0.15, 0.2) is 30.3 Å². The van der Waals surface area contributed by atoms with Crippen LogP contribution in [0.5, 0.6) is 0 Å². The SMILES string of the molecule is CC(C)OCC(=O)N1CCCC(C(=O)c2ccc3c4c(cccc24)CC3)C1. The average molecular weight is 365 g/mol. The quantitative estimate of drug-likeness (QED) is 0.758. The van der Waals surface area contributed by atoms with Crippen LogP contribution in [0.4, 0.5) is 0 Å². The topological polar surface area (TPSA) is 46.6 Å². The van der Waals surface area contributed by atoms with Crippen molar-refractivity contribution in [2.45, 2.75) is 45.6 Å². The number of likely N-dealkylation sites (tertiary alicyclic amines) is 1. The van der Waals surface area contributed by atoms with E-state index >= 15 is 0 Å². The number of piperidine rings is 1. The Bertz CT molecular complexity index is 876. The lowest BCUT2D eigenvalue weighted by Gasteiger charge is -2.32. The molecule has 27 heavy (non-hydrogen) atoms. The molecular formula is C23H27NO3. The number of Topliss-reactive ketones (excluding diaryl/α,β-unsaturated/α-hetero) is 1. The average Bonchev–Trinajstić information content (AvgIpc) is 3.11. The predicted molar refractivity (Wildman–Crippen MR) is 106 cm³/mol. The first kappa shape index (κ1) is 18.2. The summed E-state index contributed by atoms with van der Waals surface area (Å²) in [6.45, 7) is 5.16. The second-order valence-corrected chi connectivity index (χ2v) is 8.01. The van der Waals surface area contributed by atoms with Gasteiger partial charge < -0.3 is 9.64 Å². The number of benzene rings is 2. The zero-order valence-corrected chi connectivity index (χ0v) is 16.2. The number of carbonyl (C=O) groups excluding carboxylic acids is 2. The Labute approximate surface area is 160 Å². The van der Waals surface area contributed by atoms with Gasteiger partial charge in [-0.25, -0.2) is 0 Å². The molecule has 1 atom stereocenters. The van der Waals surface area contributed by atoms with Crippen molar-refractivity contribution in [3.05, 3.63) is 47.0 Å². The molecule has 4 rings (SSSR count). The number of hydrogen-bond donors (Lipinski definition) is 0. The summed E-state index contributed by atoms with van der Waals surface area (Å²) in [6.07, 6.45) is 3.86. The minimum Gasteiger partial charge on any atom is -0.369 e. The van der Waals surface area contributed by atoms with Crippen LogP contribution in [0.3, 0.4) is 0 Å². The highest BCUT2D eigenvalue weighted by molar-refractivity contribution is 6.11. The molecule has 1 fully saturated rings. The Kier molecular flexibility index (Phi) is 5.00. The monoisotopic (exact) mass is 365 g/mol. The van der Waals surface area contributed by atoms with E-state index in [1.54, 1.807) is 4.90 Å². The number of hydrogen-bond acceptors (Lipinski definition) is 3. The molecule has 0 bridgehead atoms. The molecule has 0 spiro atoms. The van der Waals surface area contributed by atoms with Crippen LogP contribution in [-0.4, -0.2) is 42.4 Å². The van der Waals surface area contributed by atoms with Crippen molar-refractivity contribution >= 4 is 22.5 Å². The number of amides is 1. The number of rotatable bonds is 5. The van der Waals surface area contributed by atoms with Crippen LogP contribution in [0.2, 0.25) is 0 Å². The fourth-order valence-corrected chi connectivity index (χ4v) is 4.43. The van der Waals surface area contributed by atoms with Crippen LogP contribution in [-0.2, 0) is 22.4 Å². The molecule has 1 heterocycles. The molecular weight excluding hydrogens is 338 g/mol. The van der Waals surface area contributed by atoms with Gasteiger partial charge in [-0.3, -0.25) is 9.59 Å². The summed E-state index contributed by atoms with van der Waals surface area (Å²) in [5.74, 6) is 0.0368. The molecule has 1 saturated heterocycles. The lowest BCUT2D eigenvalue weighted by atomic mass is 9.87.